The van der Waals surface area contributed by atoms with Crippen LogP contribution in [0.4, 0.5) is 0 Å². The Balaban J connectivity index is 1.46. The molecule has 0 aromatic heterocycles. The highest BCUT2D eigenvalue weighted by atomic mass is 35.5. The lowest BCUT2D eigenvalue weighted by Gasteiger charge is -2.17. The minimum absolute atomic E-state index is 0.0339. The van der Waals surface area contributed by atoms with Crippen molar-refractivity contribution in [2.24, 2.45) is 0 Å². The van der Waals surface area contributed by atoms with Crippen LogP contribution in [0.25, 0.3) is 0 Å². The van der Waals surface area contributed by atoms with Gasteiger partial charge >= 0.3 is 0 Å². The summed E-state index contributed by atoms with van der Waals surface area (Å²) in [7, 11) is -3.65. The Morgan fingerprint density at radius 3 is 2.34 bits per heavy atom. The van der Waals surface area contributed by atoms with Crippen LogP contribution in [-0.4, -0.2) is 38.9 Å². The van der Waals surface area contributed by atoms with Crippen LogP contribution in [-0.2, 0) is 27.9 Å². The molecule has 1 amide bonds. The number of carbonyl (C=O) groups excluding carboxylic acids is 1. The fraction of sp³-hybridized carbons (Fsp3) is 0.381. The summed E-state index contributed by atoms with van der Waals surface area (Å²) in [6.07, 6.45) is 2.55. The SMILES string of the molecule is O=C(CCNS(=O)(=O)c1ccc(Cl)cc1)NCc1ccccc1CN1CCCC1. The van der Waals surface area contributed by atoms with E-state index in [4.69, 9.17) is 11.6 Å². The maximum absolute atomic E-state index is 12.2. The molecule has 0 spiro atoms. The highest BCUT2D eigenvalue weighted by Gasteiger charge is 2.15. The standard InChI is InChI=1S/C21H26ClN3O3S/c22-19-7-9-20(10-8-19)29(27,28)24-12-11-21(26)23-15-17-5-1-2-6-18(17)16-25-13-3-4-14-25/h1-2,5-10,24H,3-4,11-16H2,(H,23,26). The Hall–Kier alpha value is -1.93. The van der Waals surface area contributed by atoms with E-state index in [2.05, 4.69) is 21.0 Å². The van der Waals surface area contributed by atoms with E-state index < -0.39 is 10.0 Å². The molecule has 156 valence electrons. The monoisotopic (exact) mass is 435 g/mol. The molecule has 6 nitrogen and oxygen atoms in total. The highest BCUT2D eigenvalue weighted by Crippen LogP contribution is 2.16. The van der Waals surface area contributed by atoms with E-state index in [1.54, 1.807) is 0 Å². The average Bonchev–Trinajstić information content (AvgIpc) is 3.20. The molecule has 0 radical (unpaired) electrons. The molecule has 1 fully saturated rings. The number of carbonyl (C=O) groups is 1. The molecule has 2 N–H and O–H groups in total. The summed E-state index contributed by atoms with van der Waals surface area (Å²) in [6, 6.07) is 14.0. The van der Waals surface area contributed by atoms with Crippen molar-refractivity contribution >= 4 is 27.5 Å². The highest BCUT2D eigenvalue weighted by molar-refractivity contribution is 7.89. The van der Waals surface area contributed by atoms with Gasteiger partial charge in [-0.2, -0.15) is 0 Å². The number of likely N-dealkylation sites (tertiary alicyclic amines) is 1. The molecule has 0 aliphatic carbocycles. The number of nitrogens with zero attached hydrogens (tertiary/aromatic N) is 1. The molecule has 0 unspecified atom stereocenters. The van der Waals surface area contributed by atoms with Gasteiger partial charge in [0.25, 0.3) is 0 Å². The predicted molar refractivity (Wildman–Crippen MR) is 114 cm³/mol. The molecule has 0 atom stereocenters. The largest absolute Gasteiger partial charge is 0.352 e. The van der Waals surface area contributed by atoms with Gasteiger partial charge in [0.1, 0.15) is 0 Å². The summed E-state index contributed by atoms with van der Waals surface area (Å²) in [6.45, 7) is 3.61. The van der Waals surface area contributed by atoms with Crippen LogP contribution in [0.1, 0.15) is 30.4 Å². The first-order valence-electron chi connectivity index (χ1n) is 9.75. The summed E-state index contributed by atoms with van der Waals surface area (Å²) in [5.41, 5.74) is 2.31. The van der Waals surface area contributed by atoms with Gasteiger partial charge in [-0.3, -0.25) is 9.69 Å². The van der Waals surface area contributed by atoms with Crippen LogP contribution in [0.3, 0.4) is 0 Å². The van der Waals surface area contributed by atoms with Crippen LogP contribution >= 0.6 is 11.6 Å². The summed E-state index contributed by atoms with van der Waals surface area (Å²) in [4.78, 5) is 14.7. The molecule has 3 rings (SSSR count). The van der Waals surface area contributed by atoms with Crippen molar-refractivity contribution < 1.29 is 13.2 Å². The van der Waals surface area contributed by atoms with Gasteiger partial charge in [0.05, 0.1) is 4.90 Å². The zero-order chi connectivity index (χ0) is 20.7. The van der Waals surface area contributed by atoms with E-state index in [-0.39, 0.29) is 23.8 Å². The van der Waals surface area contributed by atoms with Crippen molar-refractivity contribution in [1.29, 1.82) is 0 Å². The van der Waals surface area contributed by atoms with Gasteiger partial charge in [-0.05, 0) is 61.3 Å². The van der Waals surface area contributed by atoms with Crippen LogP contribution in [0.5, 0.6) is 0 Å². The zero-order valence-corrected chi connectivity index (χ0v) is 17.8. The molecular formula is C21H26ClN3O3S. The second-order valence-corrected chi connectivity index (χ2v) is 9.33. The Bertz CT molecular complexity index is 926. The zero-order valence-electron chi connectivity index (χ0n) is 16.2. The first kappa shape index (κ1) is 21.8. The van der Waals surface area contributed by atoms with Crippen molar-refractivity contribution in [2.75, 3.05) is 19.6 Å². The normalized spacial score (nSPS) is 14.8. The number of hydrogen-bond acceptors (Lipinski definition) is 4. The minimum Gasteiger partial charge on any atom is -0.352 e. The third kappa shape index (κ3) is 6.54. The lowest BCUT2D eigenvalue weighted by Crippen LogP contribution is -2.31. The van der Waals surface area contributed by atoms with Crippen LogP contribution < -0.4 is 10.0 Å². The van der Waals surface area contributed by atoms with Gasteiger partial charge in [0, 0.05) is 31.1 Å². The maximum atomic E-state index is 12.2. The van der Waals surface area contributed by atoms with Gasteiger partial charge < -0.3 is 5.32 Å². The molecule has 0 saturated carbocycles. The lowest BCUT2D eigenvalue weighted by molar-refractivity contribution is -0.121. The molecule has 0 bridgehead atoms. The van der Waals surface area contributed by atoms with Gasteiger partial charge in [0.2, 0.25) is 15.9 Å². The Morgan fingerprint density at radius 2 is 1.66 bits per heavy atom. The number of nitrogens with one attached hydrogen (secondary N) is 2. The Morgan fingerprint density at radius 1 is 1.00 bits per heavy atom. The van der Waals surface area contributed by atoms with Crippen molar-refractivity contribution in [3.8, 4) is 0 Å². The van der Waals surface area contributed by atoms with Crippen molar-refractivity contribution in [2.45, 2.75) is 37.2 Å². The van der Waals surface area contributed by atoms with E-state index in [1.807, 2.05) is 18.2 Å². The smallest absolute Gasteiger partial charge is 0.240 e. The van der Waals surface area contributed by atoms with Gasteiger partial charge in [-0.25, -0.2) is 13.1 Å². The minimum atomic E-state index is -3.65. The van der Waals surface area contributed by atoms with Gasteiger partial charge in [-0.15, -0.1) is 0 Å². The van der Waals surface area contributed by atoms with E-state index in [9.17, 15) is 13.2 Å². The number of hydrogen-bond donors (Lipinski definition) is 2. The lowest BCUT2D eigenvalue weighted by atomic mass is 10.1. The van der Waals surface area contributed by atoms with Crippen LogP contribution in [0.2, 0.25) is 5.02 Å². The van der Waals surface area contributed by atoms with Crippen LogP contribution in [0.15, 0.2) is 53.4 Å². The van der Waals surface area contributed by atoms with Gasteiger partial charge in [-0.1, -0.05) is 35.9 Å². The fourth-order valence-electron chi connectivity index (χ4n) is 3.34. The summed E-state index contributed by atoms with van der Waals surface area (Å²) in [5, 5.41) is 3.35. The number of amides is 1. The molecule has 8 heteroatoms. The maximum Gasteiger partial charge on any atom is 0.240 e. The van der Waals surface area contributed by atoms with Gasteiger partial charge in [0.15, 0.2) is 0 Å². The second kappa shape index (κ2) is 10.2. The topological polar surface area (TPSA) is 78.5 Å². The van der Waals surface area contributed by atoms with Crippen LogP contribution in [0, 0.1) is 0 Å². The van der Waals surface area contributed by atoms with E-state index in [0.29, 0.717) is 11.6 Å². The molecule has 1 heterocycles. The number of rotatable bonds is 9. The van der Waals surface area contributed by atoms with E-state index >= 15 is 0 Å². The third-order valence-corrected chi connectivity index (χ3v) is 6.68. The molecule has 1 saturated heterocycles. The molecular weight excluding hydrogens is 410 g/mol. The first-order chi connectivity index (χ1) is 13.9. The summed E-state index contributed by atoms with van der Waals surface area (Å²) < 4.78 is 26.9. The first-order valence-corrected chi connectivity index (χ1v) is 11.6. The number of halogens is 1. The third-order valence-electron chi connectivity index (χ3n) is 4.96. The molecule has 1 aliphatic heterocycles. The molecule has 1 aliphatic rings. The fourth-order valence-corrected chi connectivity index (χ4v) is 4.50. The number of sulfonamides is 1. The average molecular weight is 436 g/mol. The molecule has 2 aromatic rings. The van der Waals surface area contributed by atoms with Crippen molar-refractivity contribution in [3.05, 3.63) is 64.7 Å². The molecule has 29 heavy (non-hydrogen) atoms. The molecule has 2 aromatic carbocycles. The Labute approximate surface area is 177 Å². The van der Waals surface area contributed by atoms with E-state index in [1.165, 1.54) is 42.7 Å². The van der Waals surface area contributed by atoms with Crippen molar-refractivity contribution in [3.63, 3.8) is 0 Å². The quantitative estimate of drug-likeness (QED) is 0.634. The Kier molecular flexibility index (Phi) is 7.66. The summed E-state index contributed by atoms with van der Waals surface area (Å²) in [5.74, 6) is -0.195. The van der Waals surface area contributed by atoms with E-state index in [0.717, 1.165) is 25.2 Å². The summed E-state index contributed by atoms with van der Waals surface area (Å²) >= 11 is 5.78. The van der Waals surface area contributed by atoms with Crippen molar-refractivity contribution in [1.82, 2.24) is 14.9 Å². The number of benzene rings is 2. The predicted octanol–water partition coefficient (Wildman–Crippen LogP) is 2.92. The second-order valence-electron chi connectivity index (χ2n) is 7.13.